The highest BCUT2D eigenvalue weighted by Gasteiger charge is 2.34. The number of carbonyl (C=O) groups is 1. The van der Waals surface area contributed by atoms with Crippen LogP contribution in [0.25, 0.3) is 11.1 Å². The number of aromatic nitrogens is 2. The van der Waals surface area contributed by atoms with Crippen molar-refractivity contribution in [3.05, 3.63) is 48.2 Å². The third-order valence-corrected chi connectivity index (χ3v) is 4.32. The Morgan fingerprint density at radius 2 is 2.11 bits per heavy atom. The summed E-state index contributed by atoms with van der Waals surface area (Å²) in [7, 11) is 1.62. The van der Waals surface area contributed by atoms with Crippen LogP contribution in [0.4, 0.5) is 0 Å². The number of rotatable bonds is 6. The quantitative estimate of drug-likeness (QED) is 0.567. The molecule has 28 heavy (non-hydrogen) atoms. The lowest BCUT2D eigenvalue weighted by molar-refractivity contribution is -0.135. The molecule has 0 radical (unpaired) electrons. The second kappa shape index (κ2) is 8.53. The summed E-state index contributed by atoms with van der Waals surface area (Å²) in [4.78, 5) is 13.9. The Kier molecular flexibility index (Phi) is 5.90. The minimum atomic E-state index is -0.259. The average Bonchev–Trinajstić information content (AvgIpc) is 2.68. The van der Waals surface area contributed by atoms with Gasteiger partial charge in [-0.25, -0.2) is 0 Å². The fourth-order valence-corrected chi connectivity index (χ4v) is 2.94. The molecular weight excluding hydrogens is 356 g/mol. The molecule has 0 aliphatic carbocycles. The number of amides is 1. The first-order valence-electron chi connectivity index (χ1n) is 9.05. The van der Waals surface area contributed by atoms with Crippen molar-refractivity contribution in [2.45, 2.75) is 20.0 Å². The topological polar surface area (TPSA) is 88.3 Å². The van der Waals surface area contributed by atoms with E-state index < -0.39 is 0 Å². The van der Waals surface area contributed by atoms with Crippen LogP contribution in [0.5, 0.6) is 11.6 Å². The minimum Gasteiger partial charge on any atom is -0.496 e. The summed E-state index contributed by atoms with van der Waals surface area (Å²) < 4.78 is 11.2. The van der Waals surface area contributed by atoms with Crippen LogP contribution >= 0.6 is 0 Å². The van der Waals surface area contributed by atoms with Crippen LogP contribution in [-0.2, 0) is 4.79 Å². The number of methoxy groups -OCH3 is 1. The van der Waals surface area contributed by atoms with Crippen LogP contribution in [0, 0.1) is 17.2 Å². The molecule has 144 valence electrons. The van der Waals surface area contributed by atoms with Crippen molar-refractivity contribution < 1.29 is 14.3 Å². The largest absolute Gasteiger partial charge is 0.496 e. The van der Waals surface area contributed by atoms with Crippen molar-refractivity contribution in [1.29, 1.82) is 5.26 Å². The number of benzene rings is 1. The monoisotopic (exact) mass is 378 g/mol. The van der Waals surface area contributed by atoms with Crippen molar-refractivity contribution in [2.24, 2.45) is 5.92 Å². The summed E-state index contributed by atoms with van der Waals surface area (Å²) in [6, 6.07) is 11.4. The van der Waals surface area contributed by atoms with Crippen molar-refractivity contribution in [3.8, 4) is 28.8 Å². The van der Waals surface area contributed by atoms with Gasteiger partial charge >= 0.3 is 0 Å². The third-order valence-electron chi connectivity index (χ3n) is 4.32. The molecule has 7 nitrogen and oxygen atoms in total. The Bertz CT molecular complexity index is 927. The fraction of sp³-hybridized carbons (Fsp3) is 0.333. The van der Waals surface area contributed by atoms with Gasteiger partial charge < -0.3 is 14.4 Å². The molecule has 2 heterocycles. The number of nitriles is 1. The van der Waals surface area contributed by atoms with E-state index in [2.05, 4.69) is 10.2 Å². The van der Waals surface area contributed by atoms with Crippen LogP contribution in [0.1, 0.15) is 13.8 Å². The van der Waals surface area contributed by atoms with E-state index in [4.69, 9.17) is 9.47 Å². The third kappa shape index (κ3) is 4.29. The van der Waals surface area contributed by atoms with Crippen LogP contribution in [-0.4, -0.2) is 47.3 Å². The molecule has 1 saturated heterocycles. The van der Waals surface area contributed by atoms with Gasteiger partial charge in [0, 0.05) is 17.2 Å². The lowest BCUT2D eigenvalue weighted by Crippen LogP contribution is -2.56. The predicted molar refractivity (Wildman–Crippen MR) is 104 cm³/mol. The number of para-hydroxylation sites is 1. The maximum absolute atomic E-state index is 12.3. The second-order valence-electron chi connectivity index (χ2n) is 6.87. The molecule has 0 spiro atoms. The van der Waals surface area contributed by atoms with E-state index in [1.54, 1.807) is 30.3 Å². The number of nitrogens with zero attached hydrogens (tertiary/aromatic N) is 4. The van der Waals surface area contributed by atoms with Gasteiger partial charge in [-0.1, -0.05) is 38.1 Å². The van der Waals surface area contributed by atoms with E-state index in [0.717, 1.165) is 16.9 Å². The number of hydrogen-bond acceptors (Lipinski definition) is 6. The standard InChI is InChI=1S/C21H22N4O3/c1-14(2)8-15(10-22)21(26)25-12-17(13-25)28-20-9-16(11-23-24-20)18-6-4-5-7-19(18)27-3/h4-9,11,14,17H,12-13H2,1-3H3/b15-8+. The normalized spacial score (nSPS) is 14.4. The summed E-state index contributed by atoms with van der Waals surface area (Å²) in [5, 5.41) is 17.2. The van der Waals surface area contributed by atoms with Gasteiger partial charge in [0.1, 0.15) is 23.5 Å². The fourth-order valence-electron chi connectivity index (χ4n) is 2.94. The molecule has 1 amide bonds. The predicted octanol–water partition coefficient (Wildman–Crippen LogP) is 2.85. The molecule has 1 fully saturated rings. The van der Waals surface area contributed by atoms with Gasteiger partial charge in [-0.2, -0.15) is 10.4 Å². The van der Waals surface area contributed by atoms with Crippen molar-refractivity contribution in [2.75, 3.05) is 20.2 Å². The summed E-state index contributed by atoms with van der Waals surface area (Å²) in [5.74, 6) is 1.01. The zero-order valence-corrected chi connectivity index (χ0v) is 16.1. The van der Waals surface area contributed by atoms with Gasteiger partial charge in [-0.3, -0.25) is 4.79 Å². The average molecular weight is 378 g/mol. The maximum atomic E-state index is 12.3. The van der Waals surface area contributed by atoms with Crippen LogP contribution in [0.3, 0.4) is 0 Å². The molecule has 0 bridgehead atoms. The Balaban J connectivity index is 1.64. The van der Waals surface area contributed by atoms with Gasteiger partial charge in [0.25, 0.3) is 5.91 Å². The number of likely N-dealkylation sites (tertiary alicyclic amines) is 1. The minimum absolute atomic E-state index is 0.139. The molecule has 1 aromatic carbocycles. The van der Waals surface area contributed by atoms with Gasteiger partial charge in [-0.05, 0) is 12.0 Å². The number of ether oxygens (including phenoxy) is 2. The smallest absolute Gasteiger partial charge is 0.264 e. The molecule has 1 aliphatic heterocycles. The Morgan fingerprint density at radius 1 is 1.36 bits per heavy atom. The first kappa shape index (κ1) is 19.4. The summed E-state index contributed by atoms with van der Waals surface area (Å²) in [6.45, 7) is 4.69. The van der Waals surface area contributed by atoms with Gasteiger partial charge in [0.2, 0.25) is 5.88 Å². The first-order valence-corrected chi connectivity index (χ1v) is 9.05. The lowest BCUT2D eigenvalue weighted by atomic mass is 10.1. The van der Waals surface area contributed by atoms with E-state index >= 15 is 0 Å². The molecule has 1 aromatic heterocycles. The summed E-state index contributed by atoms with van der Waals surface area (Å²) in [5.41, 5.74) is 1.90. The second-order valence-corrected chi connectivity index (χ2v) is 6.87. The van der Waals surface area contributed by atoms with Gasteiger partial charge in [0.15, 0.2) is 0 Å². The molecule has 0 saturated carbocycles. The van der Waals surface area contributed by atoms with E-state index in [0.29, 0.717) is 19.0 Å². The van der Waals surface area contributed by atoms with Crippen molar-refractivity contribution in [3.63, 3.8) is 0 Å². The zero-order chi connectivity index (χ0) is 20.1. The Hall–Kier alpha value is -3.40. The molecule has 0 atom stereocenters. The summed E-state index contributed by atoms with van der Waals surface area (Å²) >= 11 is 0. The number of allylic oxidation sites excluding steroid dienone is 1. The van der Waals surface area contributed by atoms with Crippen LogP contribution in [0.2, 0.25) is 0 Å². The maximum Gasteiger partial charge on any atom is 0.264 e. The van der Waals surface area contributed by atoms with Crippen LogP contribution in [0.15, 0.2) is 48.2 Å². The molecule has 3 rings (SSSR count). The molecular formula is C21H22N4O3. The number of hydrogen-bond donors (Lipinski definition) is 0. The van der Waals surface area contributed by atoms with Crippen LogP contribution < -0.4 is 9.47 Å². The van der Waals surface area contributed by atoms with Gasteiger partial charge in [0.05, 0.1) is 26.4 Å². The molecule has 7 heteroatoms. The first-order chi connectivity index (χ1) is 13.5. The van der Waals surface area contributed by atoms with E-state index in [1.165, 1.54) is 0 Å². The molecule has 0 unspecified atom stereocenters. The molecule has 2 aromatic rings. The number of carbonyl (C=O) groups excluding carboxylic acids is 1. The Morgan fingerprint density at radius 3 is 2.79 bits per heavy atom. The van der Waals surface area contributed by atoms with E-state index in [9.17, 15) is 10.1 Å². The van der Waals surface area contributed by atoms with E-state index in [1.807, 2.05) is 44.2 Å². The zero-order valence-electron chi connectivity index (χ0n) is 16.1. The highest BCUT2D eigenvalue weighted by Crippen LogP contribution is 2.30. The molecule has 1 aliphatic rings. The molecule has 0 N–H and O–H groups in total. The van der Waals surface area contributed by atoms with E-state index in [-0.39, 0.29) is 23.5 Å². The highest BCUT2D eigenvalue weighted by atomic mass is 16.5. The Labute approximate surface area is 164 Å². The summed E-state index contributed by atoms with van der Waals surface area (Å²) in [6.07, 6.45) is 3.15. The lowest BCUT2D eigenvalue weighted by Gasteiger charge is -2.38. The SMILES string of the molecule is COc1ccccc1-c1cnnc(OC2CN(C(=O)/C(C#N)=C/C(C)C)C2)c1. The van der Waals surface area contributed by atoms with Gasteiger partial charge in [-0.15, -0.1) is 5.10 Å². The highest BCUT2D eigenvalue weighted by molar-refractivity contribution is 5.97. The van der Waals surface area contributed by atoms with Crippen molar-refractivity contribution >= 4 is 5.91 Å². The van der Waals surface area contributed by atoms with Crippen molar-refractivity contribution in [1.82, 2.24) is 15.1 Å².